The van der Waals surface area contributed by atoms with E-state index in [2.05, 4.69) is 0 Å². The van der Waals surface area contributed by atoms with Crippen molar-refractivity contribution in [2.75, 3.05) is 0 Å². The summed E-state index contributed by atoms with van der Waals surface area (Å²) in [6, 6.07) is 27.8. The summed E-state index contributed by atoms with van der Waals surface area (Å²) < 4.78 is 0. The molecule has 0 aliphatic carbocycles. The molecule has 0 aromatic heterocycles. The molecular formula is C72H64Cl4N4O16Rh2. The second-order valence-corrected chi connectivity index (χ2v) is 29.5. The van der Waals surface area contributed by atoms with Crippen LogP contribution in [0.2, 0.25) is 20.1 Å². The molecule has 4 aliphatic rings. The predicted octanol–water partition coefficient (Wildman–Crippen LogP) is 14.3. The van der Waals surface area contributed by atoms with Gasteiger partial charge in [-0.05, 0) is 116 Å². The third-order valence-corrected chi connectivity index (χ3v) is 17.5. The van der Waals surface area contributed by atoms with E-state index in [1.807, 2.05) is 0 Å². The molecule has 0 saturated carbocycles. The molecule has 12 rings (SSSR count). The molecule has 514 valence electrons. The van der Waals surface area contributed by atoms with Crippen molar-refractivity contribution < 1.29 is 117 Å². The molecule has 4 N–H and O–H groups in total. The van der Waals surface area contributed by atoms with Crippen molar-refractivity contribution >= 4 is 161 Å². The van der Waals surface area contributed by atoms with Crippen LogP contribution in [0, 0.1) is 21.7 Å². The Labute approximate surface area is 607 Å². The number of carboxylic acids is 4. The van der Waals surface area contributed by atoms with Crippen LogP contribution < -0.4 is 0 Å². The zero-order valence-corrected chi connectivity index (χ0v) is 60.8. The third-order valence-electron chi connectivity index (χ3n) is 16.6. The number of hydrogen-bond donors (Lipinski definition) is 4. The molecule has 98 heavy (non-hydrogen) atoms. The van der Waals surface area contributed by atoms with Crippen molar-refractivity contribution in [1.82, 2.24) is 19.6 Å². The van der Waals surface area contributed by atoms with E-state index in [0.717, 1.165) is 19.6 Å². The topological polar surface area (TPSA) is 299 Å². The van der Waals surface area contributed by atoms with Crippen LogP contribution in [0.5, 0.6) is 0 Å². The molecule has 4 heterocycles. The average molecular weight is 1590 g/mol. The summed E-state index contributed by atoms with van der Waals surface area (Å²) in [4.78, 5) is 154. The minimum Gasteiger partial charge on any atom is -0.480 e. The van der Waals surface area contributed by atoms with Crippen LogP contribution in [0.15, 0.2) is 121 Å². The molecule has 26 heteroatoms. The van der Waals surface area contributed by atoms with E-state index in [4.69, 9.17) is 46.4 Å². The number of imide groups is 4. The number of hydrogen-bond acceptors (Lipinski definition) is 12. The quantitative estimate of drug-likeness (QED) is 0.0812. The zero-order chi connectivity index (χ0) is 71.2. The molecule has 4 atom stereocenters. The van der Waals surface area contributed by atoms with Gasteiger partial charge in [-0.3, -0.25) is 58.0 Å². The van der Waals surface area contributed by atoms with Gasteiger partial charge in [0.25, 0.3) is 47.3 Å². The molecule has 2 radical (unpaired) electrons. The largest absolute Gasteiger partial charge is 0.480 e. The maximum Gasteiger partial charge on any atom is 0.327 e. The average Bonchev–Trinajstić information content (AvgIpc) is 0.756. The maximum atomic E-state index is 12.9. The summed E-state index contributed by atoms with van der Waals surface area (Å²) in [5.74, 6) is -9.78. The van der Waals surface area contributed by atoms with Gasteiger partial charge in [0.2, 0.25) is 0 Å². The van der Waals surface area contributed by atoms with E-state index in [1.54, 1.807) is 180 Å². The Morgan fingerprint density at radius 3 is 0.582 bits per heavy atom. The number of halogens is 4. The Hall–Kier alpha value is -8.35. The van der Waals surface area contributed by atoms with Crippen molar-refractivity contribution in [3.05, 3.63) is 186 Å². The van der Waals surface area contributed by atoms with Gasteiger partial charge in [-0.15, -0.1) is 0 Å². The molecule has 8 aromatic carbocycles. The molecule has 20 nitrogen and oxygen atoms in total. The molecular weight excluding hydrogens is 1520 g/mol. The summed E-state index contributed by atoms with van der Waals surface area (Å²) in [5, 5.41) is 44.7. The van der Waals surface area contributed by atoms with E-state index < -0.39 is 117 Å². The number of amides is 8. The summed E-state index contributed by atoms with van der Waals surface area (Å²) in [5.41, 5.74) is -1.00. The molecule has 0 saturated heterocycles. The first-order valence-electron chi connectivity index (χ1n) is 29.8. The first-order chi connectivity index (χ1) is 44.5. The summed E-state index contributed by atoms with van der Waals surface area (Å²) >= 11 is 24.4. The molecule has 8 aromatic rings. The summed E-state index contributed by atoms with van der Waals surface area (Å²) in [7, 11) is 0. The smallest absolute Gasteiger partial charge is 0.327 e. The van der Waals surface area contributed by atoms with Crippen molar-refractivity contribution in [3.8, 4) is 0 Å². The molecule has 0 spiro atoms. The van der Waals surface area contributed by atoms with Crippen molar-refractivity contribution in [2.24, 2.45) is 21.7 Å². The maximum absolute atomic E-state index is 12.9. The van der Waals surface area contributed by atoms with E-state index in [-0.39, 0.29) is 61.2 Å². The minimum absolute atomic E-state index is 0. The molecule has 0 unspecified atom stereocenters. The van der Waals surface area contributed by atoms with Crippen molar-refractivity contribution in [2.45, 2.75) is 107 Å². The van der Waals surface area contributed by atoms with E-state index in [0.29, 0.717) is 85.4 Å². The summed E-state index contributed by atoms with van der Waals surface area (Å²) in [6.45, 7) is 20.2. The Morgan fingerprint density at radius 1 is 0.286 bits per heavy atom. The number of benzene rings is 8. The van der Waals surface area contributed by atoms with Crippen molar-refractivity contribution in [1.29, 1.82) is 0 Å². The number of carbonyl (C=O) groups is 12. The second-order valence-electron chi connectivity index (χ2n) is 27.8. The van der Waals surface area contributed by atoms with Gasteiger partial charge in [0.15, 0.2) is 0 Å². The molecule has 8 amide bonds. The predicted molar refractivity (Wildman–Crippen MR) is 361 cm³/mol. The first kappa shape index (κ1) is 77.0. The number of rotatable bonds is 8. The van der Waals surface area contributed by atoms with E-state index in [1.165, 1.54) is 24.3 Å². The standard InChI is InChI=1S/4C18H16ClNO4.2Rh/c4*1-18(2,3)14(17(23)24)20-15(21)11-6-4-5-9-7-10(19)8-12(13(9)11)16(20)22;;/h4*4-8,14H,1-3H3,(H,23,24);;/t4*14-;;/m1111../s1. The van der Waals surface area contributed by atoms with Crippen LogP contribution in [-0.4, -0.2) is 135 Å². The van der Waals surface area contributed by atoms with Crippen LogP contribution in [0.4, 0.5) is 0 Å². The van der Waals surface area contributed by atoms with E-state index >= 15 is 0 Å². The van der Waals surface area contributed by atoms with Gasteiger partial charge < -0.3 is 20.4 Å². The number of aliphatic carboxylic acids is 4. The van der Waals surface area contributed by atoms with Crippen LogP contribution in [0.25, 0.3) is 43.1 Å². The fourth-order valence-electron chi connectivity index (χ4n) is 12.8. The van der Waals surface area contributed by atoms with Crippen LogP contribution >= 0.6 is 46.4 Å². The van der Waals surface area contributed by atoms with Gasteiger partial charge in [0.05, 0.1) is 22.3 Å². The van der Waals surface area contributed by atoms with Crippen LogP contribution in [0.3, 0.4) is 0 Å². The Morgan fingerprint density at radius 2 is 0.439 bits per heavy atom. The first-order valence-corrected chi connectivity index (χ1v) is 31.3. The Kier molecular flexibility index (Phi) is 22.1. The molecule has 0 fully saturated rings. The van der Waals surface area contributed by atoms with Gasteiger partial charge in [-0.25, -0.2) is 19.2 Å². The Bertz CT molecular complexity index is 4200. The number of carboxylic acid groups (broad SMARTS) is 4. The zero-order valence-electron chi connectivity index (χ0n) is 54.5. The van der Waals surface area contributed by atoms with Crippen LogP contribution in [0.1, 0.15) is 166 Å². The SMILES string of the molecule is CC(C)(C)[C@@H](C(=O)O)N1C(=O)c2cccc3cc(Cl)cc(c23)C1=O.CC(C)(C)[C@@H](C(=O)O)N1C(=O)c2cccc3cc(Cl)cc(c23)C1=O.CC(C)(C)[C@@H](C(=O)O)N1C(=O)c2cccc3cc(Cl)cc(c23)C1=O.CC(C)(C)[C@@H](C(=O)O)N1C(=O)c2cccc3cc(Cl)cc(c23)C1=O.[Rh].[Rh]. The van der Waals surface area contributed by atoms with Gasteiger partial charge >= 0.3 is 23.9 Å². The fourth-order valence-corrected chi connectivity index (χ4v) is 13.7. The van der Waals surface area contributed by atoms with Gasteiger partial charge in [-0.1, -0.05) is 178 Å². The van der Waals surface area contributed by atoms with Gasteiger partial charge in [0.1, 0.15) is 24.2 Å². The molecule has 4 aliphatic heterocycles. The minimum atomic E-state index is -1.28. The fraction of sp³-hybridized carbons (Fsp3) is 0.278. The monoisotopic (exact) mass is 1590 g/mol. The normalized spacial score (nSPS) is 15.4. The number of nitrogens with zero attached hydrogens (tertiary/aromatic N) is 4. The Balaban J connectivity index is 0.000000183. The van der Waals surface area contributed by atoms with E-state index in [9.17, 15) is 78.0 Å². The second kappa shape index (κ2) is 28.1. The third kappa shape index (κ3) is 14.1. The van der Waals surface area contributed by atoms with Gasteiger partial charge in [-0.2, -0.15) is 0 Å². The van der Waals surface area contributed by atoms with Crippen molar-refractivity contribution in [3.63, 3.8) is 0 Å². The molecule has 0 bridgehead atoms. The number of carbonyl (C=O) groups excluding carboxylic acids is 8. The van der Waals surface area contributed by atoms with Crippen LogP contribution in [-0.2, 0) is 58.1 Å². The summed E-state index contributed by atoms with van der Waals surface area (Å²) in [6.07, 6.45) is 0. The van der Waals surface area contributed by atoms with Gasteiger partial charge in [0, 0.05) is 103 Å².